The van der Waals surface area contributed by atoms with Gasteiger partial charge in [0.1, 0.15) is 5.75 Å². The van der Waals surface area contributed by atoms with Gasteiger partial charge in [-0.25, -0.2) is 0 Å². The molecule has 25 heavy (non-hydrogen) atoms. The minimum absolute atomic E-state index is 0.0364. The van der Waals surface area contributed by atoms with E-state index in [1.165, 1.54) is 0 Å². The van der Waals surface area contributed by atoms with Crippen LogP contribution in [0, 0.1) is 0 Å². The Morgan fingerprint density at radius 1 is 0.920 bits per heavy atom. The van der Waals surface area contributed by atoms with Gasteiger partial charge in [-0.3, -0.25) is 9.59 Å². The predicted molar refractivity (Wildman–Crippen MR) is 99.2 cm³/mol. The van der Waals surface area contributed by atoms with Crippen molar-refractivity contribution in [2.24, 2.45) is 0 Å². The van der Waals surface area contributed by atoms with Crippen molar-refractivity contribution in [1.29, 1.82) is 0 Å². The summed E-state index contributed by atoms with van der Waals surface area (Å²) < 4.78 is 5.08. The summed E-state index contributed by atoms with van der Waals surface area (Å²) in [7, 11) is 3.45. The van der Waals surface area contributed by atoms with E-state index in [0.29, 0.717) is 23.4 Å². The standard InChI is InChI=1S/C19H23N3O3/c1-20-13-3-4-18(23)21-15-7-5-14(6-8-15)19(24)22-16-9-11-17(25-2)12-10-16/h5-12,20H,3-4,13H2,1-2H3,(H,21,23)(H,22,24). The van der Waals surface area contributed by atoms with Crippen LogP contribution in [0.2, 0.25) is 0 Å². The Bertz CT molecular complexity index is 697. The van der Waals surface area contributed by atoms with Gasteiger partial charge in [-0.05, 0) is 68.5 Å². The topological polar surface area (TPSA) is 79.5 Å². The van der Waals surface area contributed by atoms with Crippen LogP contribution >= 0.6 is 0 Å². The second kappa shape index (κ2) is 9.44. The molecule has 2 amide bonds. The lowest BCUT2D eigenvalue weighted by Crippen LogP contribution is -2.15. The molecule has 3 N–H and O–H groups in total. The highest BCUT2D eigenvalue weighted by molar-refractivity contribution is 6.04. The van der Waals surface area contributed by atoms with Crippen molar-refractivity contribution in [3.8, 4) is 5.75 Å². The first-order valence-corrected chi connectivity index (χ1v) is 8.12. The molecule has 2 aromatic carbocycles. The van der Waals surface area contributed by atoms with E-state index >= 15 is 0 Å². The summed E-state index contributed by atoms with van der Waals surface area (Å²) in [6, 6.07) is 13.9. The van der Waals surface area contributed by atoms with Gasteiger partial charge in [-0.2, -0.15) is 0 Å². The van der Waals surface area contributed by atoms with E-state index < -0.39 is 0 Å². The molecular weight excluding hydrogens is 318 g/mol. The van der Waals surface area contributed by atoms with Gasteiger partial charge in [0, 0.05) is 23.4 Å². The quantitative estimate of drug-likeness (QED) is 0.645. The fraction of sp³-hybridized carbons (Fsp3) is 0.263. The third kappa shape index (κ3) is 5.93. The van der Waals surface area contributed by atoms with Crippen molar-refractivity contribution in [3.05, 3.63) is 54.1 Å². The number of benzene rings is 2. The number of anilines is 2. The molecule has 0 saturated heterocycles. The Balaban J connectivity index is 1.89. The van der Waals surface area contributed by atoms with Crippen LogP contribution in [0.4, 0.5) is 11.4 Å². The number of ether oxygens (including phenoxy) is 1. The zero-order valence-corrected chi connectivity index (χ0v) is 14.5. The van der Waals surface area contributed by atoms with E-state index in [0.717, 1.165) is 18.7 Å². The summed E-state index contributed by atoms with van der Waals surface area (Å²) >= 11 is 0. The summed E-state index contributed by atoms with van der Waals surface area (Å²) in [4.78, 5) is 24.0. The molecule has 6 nitrogen and oxygen atoms in total. The van der Waals surface area contributed by atoms with E-state index in [2.05, 4.69) is 16.0 Å². The number of carbonyl (C=O) groups is 2. The van der Waals surface area contributed by atoms with Gasteiger partial charge in [-0.1, -0.05) is 0 Å². The smallest absolute Gasteiger partial charge is 0.255 e. The molecule has 0 aliphatic carbocycles. The fourth-order valence-corrected chi connectivity index (χ4v) is 2.23. The number of rotatable bonds is 8. The SMILES string of the molecule is CNCCCC(=O)Nc1ccc(C(=O)Nc2ccc(OC)cc2)cc1. The van der Waals surface area contributed by atoms with Gasteiger partial charge in [0.2, 0.25) is 5.91 Å². The van der Waals surface area contributed by atoms with Crippen LogP contribution in [0.15, 0.2) is 48.5 Å². The number of carbonyl (C=O) groups excluding carboxylic acids is 2. The third-order valence-corrected chi connectivity index (χ3v) is 3.61. The van der Waals surface area contributed by atoms with Gasteiger partial charge in [0.05, 0.1) is 7.11 Å². The molecule has 0 atom stereocenters. The minimum atomic E-state index is -0.211. The molecule has 0 aliphatic heterocycles. The summed E-state index contributed by atoms with van der Waals surface area (Å²) in [6.45, 7) is 0.803. The number of hydrogen-bond donors (Lipinski definition) is 3. The molecule has 0 aliphatic rings. The van der Waals surface area contributed by atoms with Crippen molar-refractivity contribution in [1.82, 2.24) is 5.32 Å². The molecular formula is C19H23N3O3. The maximum atomic E-state index is 12.2. The molecule has 2 aromatic rings. The zero-order chi connectivity index (χ0) is 18.1. The van der Waals surface area contributed by atoms with Gasteiger partial charge in [0.25, 0.3) is 5.91 Å². The van der Waals surface area contributed by atoms with Crippen LogP contribution in [0.25, 0.3) is 0 Å². The van der Waals surface area contributed by atoms with E-state index in [-0.39, 0.29) is 11.8 Å². The maximum Gasteiger partial charge on any atom is 0.255 e. The summed E-state index contributed by atoms with van der Waals surface area (Å²) in [6.07, 6.45) is 1.24. The van der Waals surface area contributed by atoms with Crippen molar-refractivity contribution < 1.29 is 14.3 Å². The Hall–Kier alpha value is -2.86. The van der Waals surface area contributed by atoms with Crippen molar-refractivity contribution in [2.45, 2.75) is 12.8 Å². The highest BCUT2D eigenvalue weighted by atomic mass is 16.5. The predicted octanol–water partition coefficient (Wildman–Crippen LogP) is 2.89. The largest absolute Gasteiger partial charge is 0.497 e. The Kier molecular flexibility index (Phi) is 6.98. The van der Waals surface area contributed by atoms with Gasteiger partial charge < -0.3 is 20.7 Å². The fourth-order valence-electron chi connectivity index (χ4n) is 2.23. The van der Waals surface area contributed by atoms with E-state index in [9.17, 15) is 9.59 Å². The Labute approximate surface area is 147 Å². The van der Waals surface area contributed by atoms with Crippen molar-refractivity contribution in [3.63, 3.8) is 0 Å². The Morgan fingerprint density at radius 2 is 1.52 bits per heavy atom. The summed E-state index contributed by atoms with van der Waals surface area (Å²) in [5, 5.41) is 8.63. The number of hydrogen-bond acceptors (Lipinski definition) is 4. The first-order valence-electron chi connectivity index (χ1n) is 8.12. The minimum Gasteiger partial charge on any atom is -0.497 e. The number of amides is 2. The Morgan fingerprint density at radius 3 is 2.12 bits per heavy atom. The molecule has 0 heterocycles. The average molecular weight is 341 g/mol. The first-order chi connectivity index (χ1) is 12.1. The number of methoxy groups -OCH3 is 1. The molecule has 0 bridgehead atoms. The maximum absolute atomic E-state index is 12.2. The van der Waals surface area contributed by atoms with Crippen LogP contribution < -0.4 is 20.7 Å². The van der Waals surface area contributed by atoms with Gasteiger partial charge >= 0.3 is 0 Å². The van der Waals surface area contributed by atoms with Crippen LogP contribution in [0.1, 0.15) is 23.2 Å². The molecule has 0 saturated carbocycles. The highest BCUT2D eigenvalue weighted by Gasteiger charge is 2.07. The molecule has 132 valence electrons. The van der Waals surface area contributed by atoms with Crippen molar-refractivity contribution >= 4 is 23.2 Å². The lowest BCUT2D eigenvalue weighted by Gasteiger charge is -2.08. The van der Waals surface area contributed by atoms with Crippen LogP contribution in [-0.4, -0.2) is 32.5 Å². The monoisotopic (exact) mass is 341 g/mol. The van der Waals surface area contributed by atoms with E-state index in [4.69, 9.17) is 4.74 Å². The third-order valence-electron chi connectivity index (χ3n) is 3.61. The molecule has 0 spiro atoms. The number of nitrogens with one attached hydrogen (secondary N) is 3. The second-order valence-electron chi connectivity index (χ2n) is 5.52. The molecule has 0 radical (unpaired) electrons. The van der Waals surface area contributed by atoms with Crippen molar-refractivity contribution in [2.75, 3.05) is 31.3 Å². The van der Waals surface area contributed by atoms with Gasteiger partial charge in [-0.15, -0.1) is 0 Å². The lowest BCUT2D eigenvalue weighted by atomic mass is 10.2. The van der Waals surface area contributed by atoms with Gasteiger partial charge in [0.15, 0.2) is 0 Å². The van der Waals surface area contributed by atoms with Crippen LogP contribution in [0.5, 0.6) is 5.75 Å². The normalized spacial score (nSPS) is 10.2. The molecule has 0 aromatic heterocycles. The summed E-state index contributed by atoms with van der Waals surface area (Å²) in [5.74, 6) is 0.482. The molecule has 2 rings (SSSR count). The first kappa shape index (κ1) is 18.5. The summed E-state index contributed by atoms with van der Waals surface area (Å²) in [5.41, 5.74) is 1.88. The average Bonchev–Trinajstić information content (AvgIpc) is 2.63. The molecule has 6 heteroatoms. The lowest BCUT2D eigenvalue weighted by molar-refractivity contribution is -0.116. The molecule has 0 unspecified atom stereocenters. The second-order valence-corrected chi connectivity index (χ2v) is 5.52. The molecule has 0 fully saturated rings. The zero-order valence-electron chi connectivity index (χ0n) is 14.5. The van der Waals surface area contributed by atoms with E-state index in [1.54, 1.807) is 55.6 Å². The van der Waals surface area contributed by atoms with E-state index in [1.807, 2.05) is 7.05 Å². The van der Waals surface area contributed by atoms with Crippen LogP contribution in [-0.2, 0) is 4.79 Å². The highest BCUT2D eigenvalue weighted by Crippen LogP contribution is 2.17. The van der Waals surface area contributed by atoms with Crippen LogP contribution in [0.3, 0.4) is 0 Å².